The maximum Gasteiger partial charge on any atom is 0.273 e. The van der Waals surface area contributed by atoms with Crippen molar-refractivity contribution in [3.05, 3.63) is 16.6 Å². The van der Waals surface area contributed by atoms with E-state index in [9.17, 15) is 9.59 Å². The summed E-state index contributed by atoms with van der Waals surface area (Å²) < 4.78 is 0. The molecule has 1 aliphatic heterocycles. The Morgan fingerprint density at radius 2 is 2.29 bits per heavy atom. The van der Waals surface area contributed by atoms with E-state index in [-0.39, 0.29) is 5.91 Å². The number of piperazine rings is 1. The molecule has 0 aliphatic carbocycles. The first kappa shape index (κ1) is 12.0. The van der Waals surface area contributed by atoms with E-state index in [2.05, 4.69) is 4.98 Å². The summed E-state index contributed by atoms with van der Waals surface area (Å²) in [5.41, 5.74) is 7.36. The minimum absolute atomic E-state index is 0.134. The molecule has 1 aromatic rings. The number of amides is 2. The first-order chi connectivity index (χ1) is 8.09. The molecule has 17 heavy (non-hydrogen) atoms. The molecule has 0 saturated carbocycles. The van der Waals surface area contributed by atoms with Crippen LogP contribution in [0.1, 0.15) is 10.5 Å². The van der Waals surface area contributed by atoms with Crippen LogP contribution in [0.4, 0.5) is 0 Å². The number of nitrogens with two attached hydrogens (primary N) is 1. The molecule has 92 valence electrons. The number of carbonyl (C=O) groups is 2. The Hall–Kier alpha value is -1.47. The van der Waals surface area contributed by atoms with E-state index in [1.165, 1.54) is 11.3 Å². The van der Waals surface area contributed by atoms with Crippen LogP contribution in [0.2, 0.25) is 0 Å². The maximum absolute atomic E-state index is 12.0. The summed E-state index contributed by atoms with van der Waals surface area (Å²) in [7, 11) is 1.83. The van der Waals surface area contributed by atoms with E-state index in [1.54, 1.807) is 15.8 Å². The number of nitrogens with zero attached hydrogens (tertiary/aromatic N) is 3. The number of primary amides is 1. The van der Waals surface area contributed by atoms with Gasteiger partial charge in [0.05, 0.1) is 5.51 Å². The van der Waals surface area contributed by atoms with Crippen LogP contribution in [-0.2, 0) is 4.79 Å². The fourth-order valence-corrected chi connectivity index (χ4v) is 2.37. The summed E-state index contributed by atoms with van der Waals surface area (Å²) in [6, 6.07) is -0.411. The normalized spacial score (nSPS) is 21.5. The molecule has 2 N–H and O–H groups in total. The van der Waals surface area contributed by atoms with Crippen LogP contribution < -0.4 is 5.73 Å². The Balaban J connectivity index is 2.08. The highest BCUT2D eigenvalue weighted by molar-refractivity contribution is 7.07. The Labute approximate surface area is 103 Å². The second-order valence-electron chi connectivity index (χ2n) is 4.02. The maximum atomic E-state index is 12.0. The lowest BCUT2D eigenvalue weighted by atomic mass is 10.1. The molecule has 1 atom stereocenters. The minimum atomic E-state index is -0.411. The molecule has 1 aromatic heterocycles. The van der Waals surface area contributed by atoms with Crippen molar-refractivity contribution in [3.63, 3.8) is 0 Å². The summed E-state index contributed by atoms with van der Waals surface area (Å²) in [5.74, 6) is -0.533. The fraction of sp³-hybridized carbons (Fsp3) is 0.500. The Morgan fingerprint density at radius 1 is 1.53 bits per heavy atom. The first-order valence-electron chi connectivity index (χ1n) is 5.26. The predicted molar refractivity (Wildman–Crippen MR) is 63.6 cm³/mol. The van der Waals surface area contributed by atoms with Gasteiger partial charge in [-0.2, -0.15) is 0 Å². The molecule has 0 spiro atoms. The van der Waals surface area contributed by atoms with Crippen molar-refractivity contribution in [2.75, 3.05) is 26.7 Å². The zero-order valence-corrected chi connectivity index (χ0v) is 10.3. The Kier molecular flexibility index (Phi) is 3.39. The molecule has 6 nitrogen and oxygen atoms in total. The first-order valence-corrected chi connectivity index (χ1v) is 6.21. The van der Waals surface area contributed by atoms with Gasteiger partial charge in [0.1, 0.15) is 11.7 Å². The van der Waals surface area contributed by atoms with Gasteiger partial charge in [0.25, 0.3) is 5.91 Å². The van der Waals surface area contributed by atoms with Crippen molar-refractivity contribution in [1.29, 1.82) is 0 Å². The zero-order valence-electron chi connectivity index (χ0n) is 9.50. The number of thiazole rings is 1. The van der Waals surface area contributed by atoms with Crippen molar-refractivity contribution in [1.82, 2.24) is 14.8 Å². The third kappa shape index (κ3) is 2.45. The van der Waals surface area contributed by atoms with E-state index in [0.717, 1.165) is 0 Å². The van der Waals surface area contributed by atoms with E-state index in [1.807, 2.05) is 11.9 Å². The molecule has 0 aromatic carbocycles. The lowest BCUT2D eigenvalue weighted by Crippen LogP contribution is -2.57. The van der Waals surface area contributed by atoms with E-state index >= 15 is 0 Å². The second-order valence-corrected chi connectivity index (χ2v) is 4.74. The smallest absolute Gasteiger partial charge is 0.273 e. The van der Waals surface area contributed by atoms with Crippen LogP contribution in [0.15, 0.2) is 10.9 Å². The van der Waals surface area contributed by atoms with Crippen LogP contribution in [0, 0.1) is 0 Å². The van der Waals surface area contributed by atoms with Crippen molar-refractivity contribution in [3.8, 4) is 0 Å². The van der Waals surface area contributed by atoms with Crippen LogP contribution in [0.5, 0.6) is 0 Å². The standard InChI is InChI=1S/C10H14N4O2S/c1-13-2-3-14(4-8(13)9(11)15)10(16)7-5-17-6-12-7/h5-6,8H,2-4H2,1H3,(H2,11,15)/t8-/m1/s1. The Bertz CT molecular complexity index is 420. The molecule has 1 aliphatic rings. The summed E-state index contributed by atoms with van der Waals surface area (Å²) in [5, 5.41) is 1.71. The molecule has 0 unspecified atom stereocenters. The summed E-state index contributed by atoms with van der Waals surface area (Å²) in [6.07, 6.45) is 0. The van der Waals surface area contributed by atoms with Gasteiger partial charge in [0.2, 0.25) is 5.91 Å². The second kappa shape index (κ2) is 4.80. The number of hydrogen-bond donors (Lipinski definition) is 1. The molecule has 1 fully saturated rings. The van der Waals surface area contributed by atoms with Gasteiger partial charge in [-0.3, -0.25) is 14.5 Å². The topological polar surface area (TPSA) is 79.5 Å². The van der Waals surface area contributed by atoms with Gasteiger partial charge in [0, 0.05) is 25.0 Å². The largest absolute Gasteiger partial charge is 0.368 e. The highest BCUT2D eigenvalue weighted by atomic mass is 32.1. The van der Waals surface area contributed by atoms with Gasteiger partial charge < -0.3 is 10.6 Å². The summed E-state index contributed by atoms with van der Waals surface area (Å²) in [6.45, 7) is 1.57. The van der Waals surface area contributed by atoms with Crippen molar-refractivity contribution >= 4 is 23.2 Å². The summed E-state index contributed by atoms with van der Waals surface area (Å²) in [4.78, 5) is 30.8. The molecule has 1 saturated heterocycles. The van der Waals surface area contributed by atoms with E-state index in [0.29, 0.717) is 25.3 Å². The van der Waals surface area contributed by atoms with Crippen molar-refractivity contribution in [2.45, 2.75) is 6.04 Å². The highest BCUT2D eigenvalue weighted by Crippen LogP contribution is 2.12. The number of hydrogen-bond acceptors (Lipinski definition) is 5. The molecule has 0 bridgehead atoms. The molecular weight excluding hydrogens is 240 g/mol. The van der Waals surface area contributed by atoms with Gasteiger partial charge in [-0.05, 0) is 7.05 Å². The van der Waals surface area contributed by atoms with Gasteiger partial charge in [-0.15, -0.1) is 11.3 Å². The molecular formula is C10H14N4O2S. The SMILES string of the molecule is CN1CCN(C(=O)c2cscn2)C[C@@H]1C(N)=O. The molecule has 2 heterocycles. The summed E-state index contributed by atoms with van der Waals surface area (Å²) >= 11 is 1.38. The number of likely N-dealkylation sites (N-methyl/N-ethyl adjacent to an activating group) is 1. The van der Waals surface area contributed by atoms with Gasteiger partial charge in [-0.25, -0.2) is 4.98 Å². The van der Waals surface area contributed by atoms with Crippen LogP contribution in [0.25, 0.3) is 0 Å². The third-order valence-corrected chi connectivity index (χ3v) is 3.50. The molecule has 2 amide bonds. The highest BCUT2D eigenvalue weighted by Gasteiger charge is 2.31. The molecule has 2 rings (SSSR count). The van der Waals surface area contributed by atoms with Crippen molar-refractivity contribution in [2.24, 2.45) is 5.73 Å². The van der Waals surface area contributed by atoms with Gasteiger partial charge in [-0.1, -0.05) is 0 Å². The zero-order chi connectivity index (χ0) is 12.4. The average molecular weight is 254 g/mol. The van der Waals surface area contributed by atoms with E-state index < -0.39 is 11.9 Å². The fourth-order valence-electron chi connectivity index (χ4n) is 1.85. The number of rotatable bonds is 2. The quantitative estimate of drug-likeness (QED) is 0.763. The number of aromatic nitrogens is 1. The van der Waals surface area contributed by atoms with Crippen molar-refractivity contribution < 1.29 is 9.59 Å². The monoisotopic (exact) mass is 254 g/mol. The minimum Gasteiger partial charge on any atom is -0.368 e. The third-order valence-electron chi connectivity index (χ3n) is 2.92. The lowest BCUT2D eigenvalue weighted by molar-refractivity contribution is -0.124. The van der Waals surface area contributed by atoms with Gasteiger partial charge in [0.15, 0.2) is 0 Å². The predicted octanol–water partition coefficient (Wildman–Crippen LogP) is -0.615. The molecule has 0 radical (unpaired) electrons. The van der Waals surface area contributed by atoms with Crippen LogP contribution in [0.3, 0.4) is 0 Å². The number of carbonyl (C=O) groups excluding carboxylic acids is 2. The lowest BCUT2D eigenvalue weighted by Gasteiger charge is -2.37. The van der Waals surface area contributed by atoms with E-state index in [4.69, 9.17) is 5.73 Å². The molecule has 7 heteroatoms. The van der Waals surface area contributed by atoms with Gasteiger partial charge >= 0.3 is 0 Å². The van der Waals surface area contributed by atoms with Crippen LogP contribution >= 0.6 is 11.3 Å². The van der Waals surface area contributed by atoms with Crippen LogP contribution in [-0.4, -0.2) is 59.3 Å². The Morgan fingerprint density at radius 3 is 2.88 bits per heavy atom. The average Bonchev–Trinajstić information content (AvgIpc) is 2.81.